The molecule has 0 bridgehead atoms. The number of halogens is 2. The lowest BCUT2D eigenvalue weighted by atomic mass is 10.1. The Morgan fingerprint density at radius 3 is 2.29 bits per heavy atom. The summed E-state index contributed by atoms with van der Waals surface area (Å²) in [5, 5.41) is 8.61. The molecule has 1 unspecified atom stereocenters. The Kier molecular flexibility index (Phi) is 5.61. The minimum Gasteiger partial charge on any atom is -0.423 e. The van der Waals surface area contributed by atoms with Crippen LogP contribution in [0.2, 0.25) is 0 Å². The van der Waals surface area contributed by atoms with Gasteiger partial charge in [-0.15, -0.1) is 0 Å². The van der Waals surface area contributed by atoms with Crippen LogP contribution in [0, 0.1) is 23.0 Å². The van der Waals surface area contributed by atoms with Crippen LogP contribution in [0.3, 0.4) is 0 Å². The Labute approximate surface area is 138 Å². The quantitative estimate of drug-likeness (QED) is 0.610. The van der Waals surface area contributed by atoms with Gasteiger partial charge in [-0.1, -0.05) is 12.1 Å². The number of nitriles is 1. The smallest absolute Gasteiger partial charge is 0.343 e. The minimum atomic E-state index is -1.08. The molecule has 0 fully saturated rings. The number of carbonyl (C=O) groups excluding carboxylic acids is 1. The van der Waals surface area contributed by atoms with E-state index in [9.17, 15) is 13.6 Å². The Morgan fingerprint density at radius 2 is 1.79 bits per heavy atom. The van der Waals surface area contributed by atoms with Crippen LogP contribution >= 0.6 is 0 Å². The normalized spacial score (nSPS) is 11.6. The molecular weight excluding hydrogens is 316 g/mol. The summed E-state index contributed by atoms with van der Waals surface area (Å²) >= 11 is 0. The van der Waals surface area contributed by atoms with Crippen LogP contribution in [-0.2, 0) is 4.74 Å². The standard InChI is InChI=1S/C18H15F2NO3/c1-3-23-11(2)12-4-6-13(7-5-12)18(22)24-14-8-16(19)15(10-21)17(20)9-14/h4-9,11H,3H2,1-2H3. The first kappa shape index (κ1) is 17.6. The van der Waals surface area contributed by atoms with Crippen molar-refractivity contribution in [2.75, 3.05) is 6.61 Å². The van der Waals surface area contributed by atoms with Gasteiger partial charge in [0.1, 0.15) is 29.0 Å². The molecule has 0 heterocycles. The van der Waals surface area contributed by atoms with E-state index in [4.69, 9.17) is 14.7 Å². The van der Waals surface area contributed by atoms with Crippen molar-refractivity contribution in [3.8, 4) is 11.8 Å². The molecule has 2 aromatic rings. The second kappa shape index (κ2) is 7.66. The van der Waals surface area contributed by atoms with E-state index < -0.39 is 23.2 Å². The number of esters is 1. The average molecular weight is 331 g/mol. The molecule has 24 heavy (non-hydrogen) atoms. The number of hydrogen-bond donors (Lipinski definition) is 0. The van der Waals surface area contributed by atoms with Crippen LogP contribution in [0.5, 0.6) is 5.75 Å². The van der Waals surface area contributed by atoms with Crippen molar-refractivity contribution in [3.63, 3.8) is 0 Å². The Hall–Kier alpha value is -2.78. The molecule has 0 aliphatic heterocycles. The molecule has 2 aromatic carbocycles. The summed E-state index contributed by atoms with van der Waals surface area (Å²) in [4.78, 5) is 12.0. The monoisotopic (exact) mass is 331 g/mol. The Bertz CT molecular complexity index is 759. The highest BCUT2D eigenvalue weighted by atomic mass is 19.1. The van der Waals surface area contributed by atoms with Crippen molar-refractivity contribution in [2.45, 2.75) is 20.0 Å². The van der Waals surface area contributed by atoms with Crippen LogP contribution in [0.1, 0.15) is 41.4 Å². The van der Waals surface area contributed by atoms with Crippen molar-refractivity contribution < 1.29 is 23.0 Å². The van der Waals surface area contributed by atoms with Gasteiger partial charge < -0.3 is 9.47 Å². The number of ether oxygens (including phenoxy) is 2. The first-order valence-corrected chi connectivity index (χ1v) is 7.29. The SMILES string of the molecule is CCOC(C)c1ccc(C(=O)Oc2cc(F)c(C#N)c(F)c2)cc1. The molecule has 0 aliphatic carbocycles. The van der Waals surface area contributed by atoms with E-state index in [1.807, 2.05) is 13.8 Å². The fraction of sp³-hybridized carbons (Fsp3) is 0.222. The van der Waals surface area contributed by atoms with Crippen LogP contribution < -0.4 is 4.74 Å². The van der Waals surface area contributed by atoms with Gasteiger partial charge in [-0.05, 0) is 31.5 Å². The van der Waals surface area contributed by atoms with Crippen molar-refractivity contribution in [2.24, 2.45) is 0 Å². The maximum Gasteiger partial charge on any atom is 0.343 e. The lowest BCUT2D eigenvalue weighted by Crippen LogP contribution is -2.10. The third-order valence-corrected chi connectivity index (χ3v) is 3.37. The molecule has 124 valence electrons. The van der Waals surface area contributed by atoms with E-state index in [0.29, 0.717) is 6.61 Å². The summed E-state index contributed by atoms with van der Waals surface area (Å²) in [6.45, 7) is 4.35. The second-order valence-electron chi connectivity index (χ2n) is 4.98. The largest absolute Gasteiger partial charge is 0.423 e. The summed E-state index contributed by atoms with van der Waals surface area (Å²) in [5.74, 6) is -3.22. The minimum absolute atomic E-state index is 0.109. The van der Waals surface area contributed by atoms with E-state index >= 15 is 0 Å². The van der Waals surface area contributed by atoms with Crippen molar-refractivity contribution in [1.82, 2.24) is 0 Å². The molecule has 0 radical (unpaired) electrons. The van der Waals surface area contributed by atoms with E-state index in [0.717, 1.165) is 17.7 Å². The summed E-state index contributed by atoms with van der Waals surface area (Å²) in [6.07, 6.45) is -0.109. The molecule has 0 aliphatic rings. The van der Waals surface area contributed by atoms with E-state index in [-0.39, 0.29) is 17.4 Å². The van der Waals surface area contributed by atoms with Gasteiger partial charge in [-0.25, -0.2) is 13.6 Å². The Morgan fingerprint density at radius 1 is 1.21 bits per heavy atom. The summed E-state index contributed by atoms with van der Waals surface area (Å²) < 4.78 is 37.4. The van der Waals surface area contributed by atoms with Crippen molar-refractivity contribution in [3.05, 3.63) is 64.7 Å². The van der Waals surface area contributed by atoms with Crippen molar-refractivity contribution >= 4 is 5.97 Å². The predicted molar refractivity (Wildman–Crippen MR) is 82.5 cm³/mol. The van der Waals surface area contributed by atoms with Gasteiger partial charge >= 0.3 is 5.97 Å². The first-order chi connectivity index (χ1) is 11.5. The number of nitrogens with zero attached hydrogens (tertiary/aromatic N) is 1. The highest BCUT2D eigenvalue weighted by Gasteiger charge is 2.15. The summed E-state index contributed by atoms with van der Waals surface area (Å²) in [7, 11) is 0. The second-order valence-corrected chi connectivity index (χ2v) is 4.98. The lowest BCUT2D eigenvalue weighted by Gasteiger charge is -2.12. The van der Waals surface area contributed by atoms with Gasteiger partial charge in [-0.2, -0.15) is 5.26 Å². The molecule has 2 rings (SSSR count). The van der Waals surface area contributed by atoms with E-state index in [1.54, 1.807) is 24.3 Å². The Balaban J connectivity index is 2.14. The number of benzene rings is 2. The highest BCUT2D eigenvalue weighted by molar-refractivity contribution is 5.91. The zero-order chi connectivity index (χ0) is 17.7. The molecule has 0 N–H and O–H groups in total. The van der Waals surface area contributed by atoms with Crippen LogP contribution in [0.15, 0.2) is 36.4 Å². The predicted octanol–water partition coefficient (Wildman–Crippen LogP) is 4.15. The summed E-state index contributed by atoms with van der Waals surface area (Å²) in [5.41, 5.74) is 0.403. The third-order valence-electron chi connectivity index (χ3n) is 3.37. The van der Waals surface area contributed by atoms with Gasteiger partial charge in [0.15, 0.2) is 0 Å². The maximum absolute atomic E-state index is 13.5. The zero-order valence-electron chi connectivity index (χ0n) is 13.2. The van der Waals surface area contributed by atoms with Crippen LogP contribution in [0.25, 0.3) is 0 Å². The average Bonchev–Trinajstić information content (AvgIpc) is 2.55. The summed E-state index contributed by atoms with van der Waals surface area (Å²) in [6, 6.07) is 9.52. The third kappa shape index (κ3) is 3.94. The van der Waals surface area contributed by atoms with Gasteiger partial charge in [0.2, 0.25) is 0 Å². The molecule has 0 saturated carbocycles. The molecule has 4 nitrogen and oxygen atoms in total. The molecule has 0 saturated heterocycles. The fourth-order valence-electron chi connectivity index (χ4n) is 2.12. The molecule has 6 heteroatoms. The molecule has 0 amide bonds. The molecule has 0 aromatic heterocycles. The van der Waals surface area contributed by atoms with Crippen LogP contribution in [-0.4, -0.2) is 12.6 Å². The molecule has 1 atom stereocenters. The first-order valence-electron chi connectivity index (χ1n) is 7.29. The van der Waals surface area contributed by atoms with Crippen LogP contribution in [0.4, 0.5) is 8.78 Å². The topological polar surface area (TPSA) is 59.3 Å². The van der Waals surface area contributed by atoms with E-state index in [1.165, 1.54) is 6.07 Å². The lowest BCUT2D eigenvalue weighted by molar-refractivity contribution is 0.0728. The zero-order valence-corrected chi connectivity index (χ0v) is 13.2. The number of carbonyl (C=O) groups is 1. The van der Waals surface area contributed by atoms with Gasteiger partial charge in [-0.3, -0.25) is 0 Å². The van der Waals surface area contributed by atoms with E-state index in [2.05, 4.69) is 0 Å². The highest BCUT2D eigenvalue weighted by Crippen LogP contribution is 2.22. The van der Waals surface area contributed by atoms with Crippen molar-refractivity contribution in [1.29, 1.82) is 5.26 Å². The number of rotatable bonds is 5. The number of hydrogen-bond acceptors (Lipinski definition) is 4. The molecular formula is C18H15F2NO3. The van der Waals surface area contributed by atoms with Gasteiger partial charge in [0.25, 0.3) is 0 Å². The molecule has 0 spiro atoms. The maximum atomic E-state index is 13.5. The van der Waals surface area contributed by atoms with Gasteiger partial charge in [0, 0.05) is 18.7 Å². The fourth-order valence-corrected chi connectivity index (χ4v) is 2.12. The van der Waals surface area contributed by atoms with Gasteiger partial charge in [0.05, 0.1) is 11.7 Å².